The molecule has 0 radical (unpaired) electrons. The van der Waals surface area contributed by atoms with Crippen molar-refractivity contribution in [2.45, 2.75) is 37.4 Å². The predicted molar refractivity (Wildman–Crippen MR) is 192 cm³/mol. The van der Waals surface area contributed by atoms with Gasteiger partial charge in [0, 0.05) is 76.7 Å². The van der Waals surface area contributed by atoms with Gasteiger partial charge in [0.2, 0.25) is 15.9 Å². The van der Waals surface area contributed by atoms with Crippen LogP contribution in [0.15, 0.2) is 83.8 Å². The molecular formula is C35H35Cl4N3O5S. The van der Waals surface area contributed by atoms with Gasteiger partial charge in [0.05, 0.1) is 19.1 Å². The Balaban J connectivity index is 1.59. The Hall–Kier alpha value is -3.18. The normalized spacial score (nSPS) is 15.3. The minimum absolute atomic E-state index is 0.0467. The predicted octanol–water partition coefficient (Wildman–Crippen LogP) is 7.99. The van der Waals surface area contributed by atoms with Gasteiger partial charge in [-0.1, -0.05) is 77.6 Å². The highest BCUT2D eigenvalue weighted by Crippen LogP contribution is 2.33. The Labute approximate surface area is 301 Å². The van der Waals surface area contributed by atoms with Crippen LogP contribution in [0.2, 0.25) is 20.1 Å². The molecule has 1 aliphatic rings. The van der Waals surface area contributed by atoms with Crippen LogP contribution in [0.3, 0.4) is 0 Å². The number of piperazine rings is 1. The number of amides is 1. The Morgan fingerprint density at radius 2 is 1.33 bits per heavy atom. The highest BCUT2D eigenvalue weighted by atomic mass is 35.5. The van der Waals surface area contributed by atoms with E-state index in [0.717, 1.165) is 17.7 Å². The van der Waals surface area contributed by atoms with Gasteiger partial charge in [0.25, 0.3) is 0 Å². The number of aryl methyl sites for hydroxylation is 1. The van der Waals surface area contributed by atoms with Gasteiger partial charge in [-0.25, -0.2) is 8.42 Å². The van der Waals surface area contributed by atoms with Crippen LogP contribution in [0.1, 0.15) is 23.6 Å². The van der Waals surface area contributed by atoms with Crippen LogP contribution >= 0.6 is 46.4 Å². The van der Waals surface area contributed by atoms with Crippen molar-refractivity contribution < 1.29 is 22.7 Å². The van der Waals surface area contributed by atoms with Gasteiger partial charge in [0.1, 0.15) is 17.5 Å². The number of halogens is 4. The number of nitrogens with zero attached hydrogens (tertiary/aromatic N) is 3. The monoisotopic (exact) mass is 749 g/mol. The molecule has 0 aromatic heterocycles. The lowest BCUT2D eigenvalue weighted by Crippen LogP contribution is -2.61. The van der Waals surface area contributed by atoms with E-state index < -0.39 is 22.0 Å². The minimum Gasteiger partial charge on any atom is -0.497 e. The molecule has 13 heteroatoms. The smallest absolute Gasteiger partial charge is 0.243 e. The Morgan fingerprint density at radius 1 is 0.792 bits per heavy atom. The molecule has 0 spiro atoms. The van der Waals surface area contributed by atoms with E-state index in [2.05, 4.69) is 0 Å². The number of hydrogen-bond donors (Lipinski definition) is 0. The van der Waals surface area contributed by atoms with E-state index in [-0.39, 0.29) is 31.1 Å². The molecule has 1 amide bonds. The summed E-state index contributed by atoms with van der Waals surface area (Å²) in [6.45, 7) is 2.55. The van der Waals surface area contributed by atoms with Gasteiger partial charge >= 0.3 is 0 Å². The van der Waals surface area contributed by atoms with Crippen molar-refractivity contribution in [1.29, 1.82) is 0 Å². The first-order valence-electron chi connectivity index (χ1n) is 15.2. The first-order chi connectivity index (χ1) is 22.9. The SMILES string of the molecule is CCc1ccc(S(=O)(=O)N2CCN(c3cc(OC)cc(OC)c3)CC2C(=O)N(Cc2ccc(Cl)cc2Cl)Cc2ccc(Cl)cc2Cl)cc1. The summed E-state index contributed by atoms with van der Waals surface area (Å²) in [6, 6.07) is 21.1. The van der Waals surface area contributed by atoms with Crippen LogP contribution in [0.5, 0.6) is 11.5 Å². The molecule has 0 aliphatic carbocycles. The summed E-state index contributed by atoms with van der Waals surface area (Å²) < 4.78 is 40.9. The van der Waals surface area contributed by atoms with Crippen molar-refractivity contribution in [3.63, 3.8) is 0 Å². The van der Waals surface area contributed by atoms with Crippen molar-refractivity contribution >= 4 is 68.0 Å². The molecule has 1 saturated heterocycles. The van der Waals surface area contributed by atoms with Gasteiger partial charge in [-0.2, -0.15) is 4.31 Å². The average Bonchev–Trinajstić information content (AvgIpc) is 3.09. The van der Waals surface area contributed by atoms with Gasteiger partial charge < -0.3 is 19.3 Å². The lowest BCUT2D eigenvalue weighted by Gasteiger charge is -2.42. The van der Waals surface area contributed by atoms with Crippen LogP contribution in [-0.2, 0) is 34.3 Å². The summed E-state index contributed by atoms with van der Waals surface area (Å²) in [5.74, 6) is 0.699. The summed E-state index contributed by atoms with van der Waals surface area (Å²) in [4.78, 5) is 18.5. The molecule has 4 aromatic carbocycles. The van der Waals surface area contributed by atoms with Gasteiger partial charge in [-0.3, -0.25) is 4.79 Å². The van der Waals surface area contributed by atoms with Gasteiger partial charge in [-0.15, -0.1) is 0 Å². The zero-order valence-corrected chi connectivity index (χ0v) is 30.5. The van der Waals surface area contributed by atoms with Crippen LogP contribution in [-0.4, -0.2) is 63.4 Å². The number of benzene rings is 4. The molecular weight excluding hydrogens is 716 g/mol. The second-order valence-corrected chi connectivity index (χ2v) is 14.9. The molecule has 1 aliphatic heterocycles. The number of rotatable bonds is 11. The van der Waals surface area contributed by atoms with E-state index in [4.69, 9.17) is 55.9 Å². The summed E-state index contributed by atoms with van der Waals surface area (Å²) in [6.07, 6.45) is 0.763. The summed E-state index contributed by atoms with van der Waals surface area (Å²) >= 11 is 25.5. The molecule has 1 fully saturated rings. The maximum atomic E-state index is 14.9. The first kappa shape index (κ1) is 36.1. The molecule has 0 N–H and O–H groups in total. The molecule has 0 bridgehead atoms. The van der Waals surface area contributed by atoms with E-state index in [0.29, 0.717) is 49.3 Å². The fraction of sp³-hybridized carbons (Fsp3) is 0.286. The van der Waals surface area contributed by atoms with Crippen molar-refractivity contribution in [2.24, 2.45) is 0 Å². The molecule has 5 rings (SSSR count). The summed E-state index contributed by atoms with van der Waals surface area (Å²) in [7, 11) is -0.984. The highest BCUT2D eigenvalue weighted by Gasteiger charge is 2.42. The number of anilines is 1. The van der Waals surface area contributed by atoms with Crippen LogP contribution < -0.4 is 14.4 Å². The van der Waals surface area contributed by atoms with E-state index in [1.165, 1.54) is 4.31 Å². The fourth-order valence-electron chi connectivity index (χ4n) is 5.63. The van der Waals surface area contributed by atoms with Crippen LogP contribution in [0.4, 0.5) is 5.69 Å². The Bertz CT molecular complexity index is 1820. The third-order valence-electron chi connectivity index (χ3n) is 8.32. The maximum absolute atomic E-state index is 14.9. The molecule has 8 nitrogen and oxygen atoms in total. The molecule has 4 aromatic rings. The van der Waals surface area contributed by atoms with E-state index >= 15 is 0 Å². The number of carbonyl (C=O) groups is 1. The number of methoxy groups -OCH3 is 2. The molecule has 254 valence electrons. The number of carbonyl (C=O) groups excluding carboxylic acids is 1. The second-order valence-electron chi connectivity index (χ2n) is 11.3. The molecule has 1 unspecified atom stereocenters. The summed E-state index contributed by atoms with van der Waals surface area (Å²) in [5.41, 5.74) is 2.99. The molecule has 1 atom stereocenters. The topological polar surface area (TPSA) is 79.4 Å². The lowest BCUT2D eigenvalue weighted by atomic mass is 10.1. The van der Waals surface area contributed by atoms with E-state index in [1.54, 1.807) is 85.8 Å². The zero-order valence-electron chi connectivity index (χ0n) is 26.6. The quantitative estimate of drug-likeness (QED) is 0.155. The molecule has 1 heterocycles. The maximum Gasteiger partial charge on any atom is 0.243 e. The van der Waals surface area contributed by atoms with Crippen LogP contribution in [0, 0.1) is 0 Å². The summed E-state index contributed by atoms with van der Waals surface area (Å²) in [5, 5.41) is 1.64. The van der Waals surface area contributed by atoms with E-state index in [1.807, 2.05) is 24.0 Å². The largest absolute Gasteiger partial charge is 0.497 e. The van der Waals surface area contributed by atoms with Gasteiger partial charge in [-0.05, 0) is 59.5 Å². The van der Waals surface area contributed by atoms with Crippen LogP contribution in [0.25, 0.3) is 0 Å². The number of hydrogen-bond acceptors (Lipinski definition) is 6. The third-order valence-corrected chi connectivity index (χ3v) is 11.4. The Morgan fingerprint density at radius 3 is 1.81 bits per heavy atom. The minimum atomic E-state index is -4.10. The first-order valence-corrected chi connectivity index (χ1v) is 18.1. The lowest BCUT2D eigenvalue weighted by molar-refractivity contribution is -0.136. The molecule has 0 saturated carbocycles. The van der Waals surface area contributed by atoms with Crippen molar-refractivity contribution in [2.75, 3.05) is 38.8 Å². The van der Waals surface area contributed by atoms with E-state index in [9.17, 15) is 13.2 Å². The van der Waals surface area contributed by atoms with Gasteiger partial charge in [0.15, 0.2) is 0 Å². The number of sulfonamides is 1. The average molecular weight is 752 g/mol. The van der Waals surface area contributed by atoms with Crippen molar-refractivity contribution in [3.8, 4) is 11.5 Å². The number of ether oxygens (including phenoxy) is 2. The Kier molecular flexibility index (Phi) is 11.7. The molecule has 48 heavy (non-hydrogen) atoms. The fourth-order valence-corrected chi connectivity index (χ4v) is 8.13. The standard InChI is InChI=1S/C35H35Cl4N3O5S/c1-4-23-5-11-31(12-6-23)48(44,45)42-14-13-40(28-17-29(46-2)19-30(18-28)47-3)22-34(42)35(43)41(20-24-7-9-26(36)15-32(24)38)21-25-8-10-27(37)16-33(25)39/h5-12,15-19,34H,4,13-14,20-22H2,1-3H3. The second kappa shape index (κ2) is 15.6. The van der Waals surface area contributed by atoms with Crippen molar-refractivity contribution in [1.82, 2.24) is 9.21 Å². The zero-order chi connectivity index (χ0) is 34.6. The third kappa shape index (κ3) is 8.16. The highest BCUT2D eigenvalue weighted by molar-refractivity contribution is 7.89. The van der Waals surface area contributed by atoms with Crippen molar-refractivity contribution in [3.05, 3.63) is 116 Å².